The number of benzene rings is 1. The molecule has 0 aliphatic heterocycles. The molecule has 1 aromatic carbocycles. The van der Waals surface area contributed by atoms with E-state index < -0.39 is 18.6 Å². The van der Waals surface area contributed by atoms with Crippen molar-refractivity contribution in [1.82, 2.24) is 9.38 Å². The number of hydrogen-bond acceptors (Lipinski definition) is 5. The number of methoxy groups -OCH3 is 1. The van der Waals surface area contributed by atoms with Crippen molar-refractivity contribution < 1.29 is 27.8 Å². The number of aromatic nitrogens is 2. The van der Waals surface area contributed by atoms with Gasteiger partial charge in [-0.1, -0.05) is 17.9 Å². The number of pyridine rings is 1. The number of halogens is 3. The molecular weight excluding hydrogens is 411 g/mol. The van der Waals surface area contributed by atoms with Gasteiger partial charge in [-0.05, 0) is 30.7 Å². The van der Waals surface area contributed by atoms with E-state index in [1.807, 2.05) is 0 Å². The molecule has 0 bridgehead atoms. The van der Waals surface area contributed by atoms with E-state index in [1.54, 1.807) is 48.0 Å². The lowest BCUT2D eigenvalue weighted by Crippen LogP contribution is -2.15. The molecule has 0 radical (unpaired) electrons. The number of fused-ring (bicyclic) bond motifs is 1. The Morgan fingerprint density at radius 2 is 2.10 bits per heavy atom. The molecule has 0 unspecified atom stereocenters. The third kappa shape index (κ3) is 5.16. The molecule has 6 nitrogen and oxygen atoms in total. The lowest BCUT2D eigenvalue weighted by molar-refractivity contribution is -0.131. The number of ether oxygens (including phenoxy) is 1. The first-order valence-electron chi connectivity index (χ1n) is 9.34. The number of hydrogen-bond donors (Lipinski definition) is 2. The zero-order valence-electron chi connectivity index (χ0n) is 16.9. The second-order valence-corrected chi connectivity index (χ2v) is 6.75. The third-order valence-electron chi connectivity index (χ3n) is 4.57. The molecule has 2 aromatic heterocycles. The molecule has 0 aliphatic rings. The van der Waals surface area contributed by atoms with Gasteiger partial charge in [-0.2, -0.15) is 13.2 Å². The summed E-state index contributed by atoms with van der Waals surface area (Å²) in [7, 11) is 1.31. The van der Waals surface area contributed by atoms with Gasteiger partial charge in [-0.25, -0.2) is 9.78 Å². The number of nitrogens with one attached hydrogen (secondary N) is 1. The Morgan fingerprint density at radius 3 is 2.74 bits per heavy atom. The molecular formula is C22H20F3N3O3. The Bertz CT molecular complexity index is 1170. The average Bonchev–Trinajstić information content (AvgIpc) is 3.14. The van der Waals surface area contributed by atoms with Crippen molar-refractivity contribution in [3.8, 4) is 23.1 Å². The lowest BCUT2D eigenvalue weighted by Gasteiger charge is -2.12. The number of imidazole rings is 1. The highest BCUT2D eigenvalue weighted by Crippen LogP contribution is 2.28. The van der Waals surface area contributed by atoms with Gasteiger partial charge in [0.25, 0.3) is 0 Å². The molecule has 9 heteroatoms. The number of aryl methyl sites for hydroxylation is 1. The van der Waals surface area contributed by atoms with Gasteiger partial charge >= 0.3 is 12.1 Å². The number of rotatable bonds is 5. The summed E-state index contributed by atoms with van der Waals surface area (Å²) in [4.78, 5) is 16.2. The van der Waals surface area contributed by atoms with Crippen molar-refractivity contribution in [3.63, 3.8) is 0 Å². The predicted octanol–water partition coefficient (Wildman–Crippen LogP) is 3.80. The van der Waals surface area contributed by atoms with E-state index >= 15 is 0 Å². The number of carbonyl (C=O) groups is 1. The minimum atomic E-state index is -4.28. The molecule has 3 rings (SSSR count). The van der Waals surface area contributed by atoms with E-state index in [1.165, 1.54) is 7.11 Å². The van der Waals surface area contributed by atoms with Gasteiger partial charge in [0, 0.05) is 23.9 Å². The fourth-order valence-electron chi connectivity index (χ4n) is 3.14. The van der Waals surface area contributed by atoms with Crippen LogP contribution in [0.1, 0.15) is 27.9 Å². The summed E-state index contributed by atoms with van der Waals surface area (Å²) >= 11 is 0. The van der Waals surface area contributed by atoms with Crippen LogP contribution in [-0.2, 0) is 4.74 Å². The van der Waals surface area contributed by atoms with Gasteiger partial charge in [0.15, 0.2) is 5.65 Å². The molecule has 0 spiro atoms. The van der Waals surface area contributed by atoms with Gasteiger partial charge in [-0.15, -0.1) is 0 Å². The number of aliphatic hydroxyl groups is 1. The average molecular weight is 431 g/mol. The number of esters is 1. The Morgan fingerprint density at radius 1 is 1.32 bits per heavy atom. The lowest BCUT2D eigenvalue weighted by atomic mass is 10.0. The molecule has 162 valence electrons. The van der Waals surface area contributed by atoms with Crippen LogP contribution in [0.25, 0.3) is 16.9 Å². The van der Waals surface area contributed by atoms with Crippen molar-refractivity contribution in [3.05, 3.63) is 53.3 Å². The van der Waals surface area contributed by atoms with Crippen LogP contribution in [-0.4, -0.2) is 46.9 Å². The standard InChI is InChI=1S/C22H20F3N3O3/c1-14-10-16(5-6-17(14)21(30)31-2)19-12-27-20-18(26-8-7-22(23,24)25)11-15(4-3-9-29)13-28(19)20/h5-6,10-13,26,29H,7-9H2,1-2H3. The number of carbonyl (C=O) groups excluding carboxylic acids is 1. The number of aliphatic hydroxyl groups excluding tert-OH is 1. The van der Waals surface area contributed by atoms with Crippen LogP contribution in [0.15, 0.2) is 36.7 Å². The van der Waals surface area contributed by atoms with Crippen LogP contribution < -0.4 is 5.32 Å². The van der Waals surface area contributed by atoms with E-state index in [-0.39, 0.29) is 13.2 Å². The summed E-state index contributed by atoms with van der Waals surface area (Å²) in [5, 5.41) is 11.8. The van der Waals surface area contributed by atoms with Crippen molar-refractivity contribution in [2.24, 2.45) is 0 Å². The van der Waals surface area contributed by atoms with Crippen molar-refractivity contribution in [2.45, 2.75) is 19.5 Å². The van der Waals surface area contributed by atoms with Gasteiger partial charge < -0.3 is 15.2 Å². The first kappa shape index (κ1) is 22.2. The highest BCUT2D eigenvalue weighted by molar-refractivity contribution is 5.91. The summed E-state index contributed by atoms with van der Waals surface area (Å²) in [5.74, 6) is 4.86. The number of alkyl halides is 3. The Labute approximate surface area is 176 Å². The molecule has 0 amide bonds. The smallest absolute Gasteiger partial charge is 0.390 e. The summed E-state index contributed by atoms with van der Waals surface area (Å²) in [5.41, 5.74) is 3.89. The fraction of sp³-hybridized carbons (Fsp3) is 0.273. The summed E-state index contributed by atoms with van der Waals surface area (Å²) < 4.78 is 44.1. The van der Waals surface area contributed by atoms with E-state index in [4.69, 9.17) is 9.84 Å². The maximum absolute atomic E-state index is 12.6. The largest absolute Gasteiger partial charge is 0.465 e. The minimum absolute atomic E-state index is 0.314. The molecule has 0 atom stereocenters. The summed E-state index contributed by atoms with van der Waals surface area (Å²) in [6.07, 6.45) is -1.98. The summed E-state index contributed by atoms with van der Waals surface area (Å²) in [6, 6.07) is 6.79. The molecule has 3 aromatic rings. The monoisotopic (exact) mass is 431 g/mol. The Balaban J connectivity index is 2.06. The molecule has 2 heterocycles. The van der Waals surface area contributed by atoms with Crippen LogP contribution in [0.5, 0.6) is 0 Å². The molecule has 0 saturated heterocycles. The fourth-order valence-corrected chi connectivity index (χ4v) is 3.14. The topological polar surface area (TPSA) is 75.9 Å². The third-order valence-corrected chi connectivity index (χ3v) is 4.57. The van der Waals surface area contributed by atoms with Crippen molar-refractivity contribution in [2.75, 3.05) is 25.6 Å². The molecule has 0 saturated carbocycles. The first-order valence-corrected chi connectivity index (χ1v) is 9.34. The minimum Gasteiger partial charge on any atom is -0.465 e. The zero-order chi connectivity index (χ0) is 22.6. The van der Waals surface area contributed by atoms with Crippen LogP contribution in [0, 0.1) is 18.8 Å². The predicted molar refractivity (Wildman–Crippen MR) is 110 cm³/mol. The normalized spacial score (nSPS) is 11.2. The number of anilines is 1. The zero-order valence-corrected chi connectivity index (χ0v) is 16.9. The van der Waals surface area contributed by atoms with Gasteiger partial charge in [0.05, 0.1) is 36.7 Å². The Hall–Kier alpha value is -3.51. The maximum Gasteiger partial charge on any atom is 0.390 e. The highest BCUT2D eigenvalue weighted by atomic mass is 19.4. The second-order valence-electron chi connectivity index (χ2n) is 6.75. The van der Waals surface area contributed by atoms with Gasteiger partial charge in [0.1, 0.15) is 6.61 Å². The van der Waals surface area contributed by atoms with E-state index in [2.05, 4.69) is 22.1 Å². The molecule has 0 fully saturated rings. The molecule has 31 heavy (non-hydrogen) atoms. The van der Waals surface area contributed by atoms with Gasteiger partial charge in [-0.3, -0.25) is 4.40 Å². The Kier molecular flexibility index (Phi) is 6.51. The van der Waals surface area contributed by atoms with Crippen LogP contribution in [0.4, 0.5) is 18.9 Å². The summed E-state index contributed by atoms with van der Waals surface area (Å²) in [6.45, 7) is 1.12. The van der Waals surface area contributed by atoms with Crippen LogP contribution in [0.3, 0.4) is 0 Å². The van der Waals surface area contributed by atoms with E-state index in [9.17, 15) is 18.0 Å². The first-order chi connectivity index (χ1) is 14.7. The van der Waals surface area contributed by atoms with Crippen molar-refractivity contribution in [1.29, 1.82) is 0 Å². The van der Waals surface area contributed by atoms with Crippen molar-refractivity contribution >= 4 is 17.3 Å². The molecule has 0 aliphatic carbocycles. The maximum atomic E-state index is 12.6. The highest BCUT2D eigenvalue weighted by Gasteiger charge is 2.26. The second kappa shape index (κ2) is 9.10. The van der Waals surface area contributed by atoms with Crippen LogP contribution in [0.2, 0.25) is 0 Å². The van der Waals surface area contributed by atoms with E-state index in [0.717, 1.165) is 5.56 Å². The SMILES string of the molecule is COC(=O)c1ccc(-c2cnc3c(NCCC(F)(F)F)cc(C#CCO)cn23)cc1C. The van der Waals surface area contributed by atoms with Gasteiger partial charge in [0.2, 0.25) is 0 Å². The molecule has 2 N–H and O–H groups in total. The quantitative estimate of drug-likeness (QED) is 0.475. The van der Waals surface area contributed by atoms with Crippen LogP contribution >= 0.6 is 0 Å². The number of nitrogens with zero attached hydrogens (tertiary/aromatic N) is 2. The van der Waals surface area contributed by atoms with E-state index in [0.29, 0.717) is 33.7 Å².